The van der Waals surface area contributed by atoms with Crippen LogP contribution in [0.1, 0.15) is 18.1 Å². The Morgan fingerprint density at radius 1 is 0.840 bits per heavy atom. The van der Waals surface area contributed by atoms with Crippen molar-refractivity contribution in [3.05, 3.63) is 88.9 Å². The van der Waals surface area contributed by atoms with Crippen molar-refractivity contribution in [1.29, 1.82) is 0 Å². The Hall–Kier alpha value is -2.45. The zero-order chi connectivity index (χ0) is 17.5. The van der Waals surface area contributed by atoms with Gasteiger partial charge in [-0.1, -0.05) is 54.9 Å². The normalized spacial score (nSPS) is 10.5. The van der Waals surface area contributed by atoms with E-state index in [1.165, 1.54) is 11.1 Å². The number of para-hydroxylation sites is 2. The van der Waals surface area contributed by atoms with Gasteiger partial charge in [0.15, 0.2) is 5.75 Å². The summed E-state index contributed by atoms with van der Waals surface area (Å²) in [6, 6.07) is 24.0. The quantitative estimate of drug-likeness (QED) is 0.535. The van der Waals surface area contributed by atoms with E-state index in [-0.39, 0.29) is 0 Å². The van der Waals surface area contributed by atoms with Gasteiger partial charge in [0.2, 0.25) is 0 Å². The van der Waals surface area contributed by atoms with Crippen LogP contribution in [0.15, 0.2) is 72.8 Å². The summed E-state index contributed by atoms with van der Waals surface area (Å²) in [5, 5.41) is 4.20. The predicted molar refractivity (Wildman–Crippen MR) is 106 cm³/mol. The van der Waals surface area contributed by atoms with Gasteiger partial charge >= 0.3 is 0 Å². The molecule has 0 aliphatic rings. The number of aryl methyl sites for hydroxylation is 1. The number of rotatable bonds is 7. The summed E-state index contributed by atoms with van der Waals surface area (Å²) in [5.41, 5.74) is 3.80. The number of hydrogen-bond donors (Lipinski definition) is 1. The van der Waals surface area contributed by atoms with Crippen LogP contribution in [0.5, 0.6) is 11.5 Å². The van der Waals surface area contributed by atoms with Crippen molar-refractivity contribution in [2.75, 3.05) is 11.9 Å². The van der Waals surface area contributed by atoms with E-state index in [1.54, 1.807) is 0 Å². The monoisotopic (exact) mass is 351 g/mol. The third kappa shape index (κ3) is 4.77. The van der Waals surface area contributed by atoms with Crippen molar-refractivity contribution in [2.24, 2.45) is 0 Å². The summed E-state index contributed by atoms with van der Waals surface area (Å²) in [6.07, 6.45) is 2.05. The minimum atomic E-state index is 0.702. The Balaban J connectivity index is 1.65. The van der Waals surface area contributed by atoms with Gasteiger partial charge in [0.25, 0.3) is 0 Å². The molecular formula is C22H22ClNO. The summed E-state index contributed by atoms with van der Waals surface area (Å²) in [4.78, 5) is 0. The second kappa shape index (κ2) is 8.59. The van der Waals surface area contributed by atoms with E-state index < -0.39 is 0 Å². The molecule has 1 N–H and O–H groups in total. The topological polar surface area (TPSA) is 21.3 Å². The maximum absolute atomic E-state index is 5.99. The van der Waals surface area contributed by atoms with E-state index in [0.29, 0.717) is 5.02 Å². The molecule has 128 valence electrons. The lowest BCUT2D eigenvalue weighted by Crippen LogP contribution is -2.07. The number of hydrogen-bond acceptors (Lipinski definition) is 2. The molecule has 0 heterocycles. The summed E-state index contributed by atoms with van der Waals surface area (Å²) >= 11 is 5.93. The molecule has 2 nitrogen and oxygen atoms in total. The third-order valence-electron chi connectivity index (χ3n) is 4.14. The largest absolute Gasteiger partial charge is 0.455 e. The van der Waals surface area contributed by atoms with Gasteiger partial charge in [-0.3, -0.25) is 0 Å². The molecule has 0 atom stereocenters. The molecule has 0 spiro atoms. The van der Waals surface area contributed by atoms with Crippen molar-refractivity contribution < 1.29 is 4.74 Å². The molecular weight excluding hydrogens is 330 g/mol. The van der Waals surface area contributed by atoms with Crippen molar-refractivity contribution >= 4 is 17.3 Å². The Morgan fingerprint density at radius 2 is 1.52 bits per heavy atom. The van der Waals surface area contributed by atoms with Gasteiger partial charge in [-0.25, -0.2) is 0 Å². The van der Waals surface area contributed by atoms with Crippen LogP contribution in [0.2, 0.25) is 5.02 Å². The molecule has 0 bridgehead atoms. The second-order valence-corrected chi connectivity index (χ2v) is 6.29. The smallest absolute Gasteiger partial charge is 0.150 e. The molecule has 0 amide bonds. The zero-order valence-corrected chi connectivity index (χ0v) is 15.1. The van der Waals surface area contributed by atoms with E-state index in [4.69, 9.17) is 16.3 Å². The van der Waals surface area contributed by atoms with Crippen molar-refractivity contribution in [3.8, 4) is 11.5 Å². The number of benzene rings is 3. The molecule has 3 rings (SSSR count). The molecule has 3 heteroatoms. The molecule has 0 unspecified atom stereocenters. The first kappa shape index (κ1) is 17.4. The Kier molecular flexibility index (Phi) is 5.97. The van der Waals surface area contributed by atoms with Gasteiger partial charge in [0, 0.05) is 11.6 Å². The van der Waals surface area contributed by atoms with Gasteiger partial charge in [-0.15, -0.1) is 0 Å². The van der Waals surface area contributed by atoms with Gasteiger partial charge < -0.3 is 10.1 Å². The summed E-state index contributed by atoms with van der Waals surface area (Å²) in [5.74, 6) is 1.59. The number of ether oxygens (including phenoxy) is 1. The van der Waals surface area contributed by atoms with Gasteiger partial charge in [-0.05, 0) is 60.4 Å². The Labute approximate surface area is 154 Å². The van der Waals surface area contributed by atoms with Crippen molar-refractivity contribution in [2.45, 2.75) is 19.8 Å². The number of anilines is 1. The molecule has 0 aliphatic carbocycles. The molecule has 0 saturated heterocycles. The van der Waals surface area contributed by atoms with Crippen LogP contribution in [-0.2, 0) is 12.8 Å². The van der Waals surface area contributed by atoms with Gasteiger partial charge in [-0.2, -0.15) is 0 Å². The maximum atomic E-state index is 5.99. The summed E-state index contributed by atoms with van der Waals surface area (Å²) in [7, 11) is 0. The predicted octanol–water partition coefficient (Wildman–Crippen LogP) is 6.35. The average Bonchev–Trinajstić information content (AvgIpc) is 2.65. The van der Waals surface area contributed by atoms with Crippen molar-refractivity contribution in [3.63, 3.8) is 0 Å². The van der Waals surface area contributed by atoms with Gasteiger partial charge in [0.05, 0.1) is 5.69 Å². The molecule has 0 aliphatic heterocycles. The molecule has 3 aromatic rings. The highest BCUT2D eigenvalue weighted by molar-refractivity contribution is 6.30. The molecule has 0 saturated carbocycles. The van der Waals surface area contributed by atoms with E-state index >= 15 is 0 Å². The second-order valence-electron chi connectivity index (χ2n) is 5.85. The lowest BCUT2D eigenvalue weighted by Gasteiger charge is -2.14. The summed E-state index contributed by atoms with van der Waals surface area (Å²) < 4.78 is 5.99. The molecule has 0 aromatic heterocycles. The highest BCUT2D eigenvalue weighted by Gasteiger charge is 2.05. The number of halogens is 1. The number of nitrogens with one attached hydrogen (secondary N) is 1. The lowest BCUT2D eigenvalue weighted by atomic mass is 10.0. The lowest BCUT2D eigenvalue weighted by molar-refractivity contribution is 0.484. The zero-order valence-electron chi connectivity index (χ0n) is 14.3. The average molecular weight is 352 g/mol. The fourth-order valence-corrected chi connectivity index (χ4v) is 2.94. The molecule has 25 heavy (non-hydrogen) atoms. The van der Waals surface area contributed by atoms with E-state index in [9.17, 15) is 0 Å². The van der Waals surface area contributed by atoms with Crippen LogP contribution in [0.4, 0.5) is 5.69 Å². The van der Waals surface area contributed by atoms with Crippen LogP contribution in [0, 0.1) is 0 Å². The minimum Gasteiger partial charge on any atom is -0.455 e. The first-order chi connectivity index (χ1) is 12.3. The fraction of sp³-hybridized carbons (Fsp3) is 0.182. The van der Waals surface area contributed by atoms with E-state index in [2.05, 4.69) is 36.5 Å². The highest BCUT2D eigenvalue weighted by Crippen LogP contribution is 2.29. The molecule has 3 aromatic carbocycles. The first-order valence-electron chi connectivity index (χ1n) is 8.59. The van der Waals surface area contributed by atoms with Crippen LogP contribution in [0.3, 0.4) is 0 Å². The van der Waals surface area contributed by atoms with Crippen molar-refractivity contribution in [1.82, 2.24) is 0 Å². The van der Waals surface area contributed by atoms with Gasteiger partial charge in [0.1, 0.15) is 5.75 Å². The molecule has 0 radical (unpaired) electrons. The highest BCUT2D eigenvalue weighted by atomic mass is 35.5. The minimum absolute atomic E-state index is 0.702. The third-order valence-corrected chi connectivity index (χ3v) is 4.39. The van der Waals surface area contributed by atoms with Crippen LogP contribution in [-0.4, -0.2) is 6.54 Å². The fourth-order valence-electron chi connectivity index (χ4n) is 2.81. The van der Waals surface area contributed by atoms with E-state index in [1.807, 2.05) is 48.5 Å². The Bertz CT molecular complexity index is 814. The molecule has 0 fully saturated rings. The van der Waals surface area contributed by atoms with E-state index in [0.717, 1.165) is 36.6 Å². The van der Waals surface area contributed by atoms with Crippen LogP contribution in [0.25, 0.3) is 0 Å². The van der Waals surface area contributed by atoms with Crippen LogP contribution >= 0.6 is 11.6 Å². The Morgan fingerprint density at radius 3 is 2.28 bits per heavy atom. The first-order valence-corrected chi connectivity index (χ1v) is 8.97. The summed E-state index contributed by atoms with van der Waals surface area (Å²) in [6.45, 7) is 3.06. The standard InChI is InChI=1S/C22H22ClNO/c1-2-17-7-3-4-8-18(17)15-16-24-21-9-5-6-10-22(21)25-20-13-11-19(23)12-14-20/h3-14,24H,2,15-16H2,1H3. The maximum Gasteiger partial charge on any atom is 0.150 e. The van der Waals surface area contributed by atoms with Crippen LogP contribution < -0.4 is 10.1 Å². The SMILES string of the molecule is CCc1ccccc1CCNc1ccccc1Oc1ccc(Cl)cc1.